The van der Waals surface area contributed by atoms with Gasteiger partial charge in [0.15, 0.2) is 0 Å². The van der Waals surface area contributed by atoms with Gasteiger partial charge in [-0.15, -0.1) is 0 Å². The lowest BCUT2D eigenvalue weighted by Crippen LogP contribution is -2.78. The highest BCUT2D eigenvalue weighted by molar-refractivity contribution is 5.94. The number of ether oxygens (including phenoxy) is 1. The summed E-state index contributed by atoms with van der Waals surface area (Å²) >= 11 is 0. The second kappa shape index (κ2) is 8.09. The highest BCUT2D eigenvalue weighted by Gasteiger charge is 2.73. The Bertz CT molecular complexity index is 1350. The first-order valence-corrected chi connectivity index (χ1v) is 13.9. The molecule has 5 heteroatoms. The fourth-order valence-corrected chi connectivity index (χ4v) is 8.01. The van der Waals surface area contributed by atoms with E-state index in [1.165, 1.54) is 35.1 Å². The van der Waals surface area contributed by atoms with Crippen molar-refractivity contribution in [1.29, 1.82) is 0 Å². The maximum Gasteiger partial charge on any atom is 0.298 e. The summed E-state index contributed by atoms with van der Waals surface area (Å²) in [6.45, 7) is 6.22. The first-order valence-electron chi connectivity index (χ1n) is 13.9. The van der Waals surface area contributed by atoms with Crippen LogP contribution in [-0.4, -0.2) is 64.7 Å². The van der Waals surface area contributed by atoms with Gasteiger partial charge in [-0.2, -0.15) is 0 Å². The van der Waals surface area contributed by atoms with Gasteiger partial charge in [0.25, 0.3) is 5.91 Å². The third-order valence-electron chi connectivity index (χ3n) is 10.3. The maximum atomic E-state index is 13.3. The molecule has 5 atom stereocenters. The molecule has 2 aromatic carbocycles. The molecule has 0 unspecified atom stereocenters. The molecule has 5 aliphatic rings. The number of carbonyl (C=O) groups is 1. The van der Waals surface area contributed by atoms with E-state index >= 15 is 0 Å². The number of carbonyl (C=O) groups excluding carboxylic acids is 1. The molecule has 1 amide bonds. The van der Waals surface area contributed by atoms with Gasteiger partial charge in [0.05, 0.1) is 17.1 Å². The predicted octanol–water partition coefficient (Wildman–Crippen LogP) is 3.75. The molecule has 0 aromatic heterocycles. The van der Waals surface area contributed by atoms with Crippen LogP contribution in [0.1, 0.15) is 59.9 Å². The van der Waals surface area contributed by atoms with Crippen LogP contribution in [0.4, 0.5) is 0 Å². The van der Waals surface area contributed by atoms with Crippen molar-refractivity contribution in [3.05, 3.63) is 64.2 Å². The Hall–Kier alpha value is -2.81. The van der Waals surface area contributed by atoms with Gasteiger partial charge in [-0.1, -0.05) is 24.1 Å². The number of nitrogens with zero attached hydrogens (tertiary/aromatic N) is 2. The minimum Gasteiger partial charge on any atom is -0.487 e. The van der Waals surface area contributed by atoms with Gasteiger partial charge in [-0.25, -0.2) is 0 Å². The Morgan fingerprint density at radius 2 is 2.00 bits per heavy atom. The van der Waals surface area contributed by atoms with Crippen LogP contribution in [0.15, 0.2) is 36.4 Å². The summed E-state index contributed by atoms with van der Waals surface area (Å²) in [5.74, 6) is 7.47. The van der Waals surface area contributed by atoms with Crippen LogP contribution in [0.2, 0.25) is 0 Å². The lowest BCUT2D eigenvalue weighted by Gasteiger charge is -2.64. The number of likely N-dealkylation sites (N-methyl/N-ethyl adjacent to an activating group) is 1. The van der Waals surface area contributed by atoms with Gasteiger partial charge in [0.2, 0.25) is 0 Å². The smallest absolute Gasteiger partial charge is 0.298 e. The SMILES string of the molecule is Cc1ccc(C#CC(=O)N(C)[C@H]2CC[C@@]3(O)[C@H]4Cc5cccc6c5[C@@]3(CCN4CC3CC3)[C@H]2O6)cc1C. The van der Waals surface area contributed by atoms with Gasteiger partial charge in [-0.05, 0) is 99.7 Å². The zero-order valence-electron chi connectivity index (χ0n) is 22.1. The zero-order chi connectivity index (χ0) is 25.5. The molecule has 37 heavy (non-hydrogen) atoms. The Morgan fingerprint density at radius 3 is 2.78 bits per heavy atom. The number of piperidine rings is 1. The van der Waals surface area contributed by atoms with E-state index in [-0.39, 0.29) is 24.1 Å². The fraction of sp³-hybridized carbons (Fsp3) is 0.531. The number of rotatable bonds is 3. The van der Waals surface area contributed by atoms with Crippen LogP contribution >= 0.6 is 0 Å². The van der Waals surface area contributed by atoms with Crippen molar-refractivity contribution in [2.75, 3.05) is 20.1 Å². The molecule has 1 N–H and O–H groups in total. The Kier molecular flexibility index (Phi) is 5.10. The third-order valence-corrected chi connectivity index (χ3v) is 10.3. The van der Waals surface area contributed by atoms with E-state index in [1.807, 2.05) is 25.2 Å². The van der Waals surface area contributed by atoms with Gasteiger partial charge in [0, 0.05) is 36.7 Å². The highest BCUT2D eigenvalue weighted by Crippen LogP contribution is 2.64. The maximum absolute atomic E-state index is 13.3. The molecule has 2 saturated carbocycles. The van der Waals surface area contributed by atoms with Gasteiger partial charge in [0.1, 0.15) is 11.9 Å². The number of amides is 1. The molecular weight excluding hydrogens is 460 g/mol. The molecule has 0 radical (unpaired) electrons. The number of hydrogen-bond donors (Lipinski definition) is 1. The Labute approximate surface area is 219 Å². The lowest BCUT2D eigenvalue weighted by atomic mass is 9.48. The van der Waals surface area contributed by atoms with Crippen molar-refractivity contribution in [3.63, 3.8) is 0 Å². The van der Waals surface area contributed by atoms with Crippen molar-refractivity contribution < 1.29 is 14.6 Å². The van der Waals surface area contributed by atoms with Crippen molar-refractivity contribution >= 4 is 5.91 Å². The molecule has 3 fully saturated rings. The minimum absolute atomic E-state index is 0.111. The lowest BCUT2D eigenvalue weighted by molar-refractivity contribution is -0.199. The first-order chi connectivity index (χ1) is 17.8. The molecule has 5 nitrogen and oxygen atoms in total. The summed E-state index contributed by atoms with van der Waals surface area (Å²) in [4.78, 5) is 17.7. The van der Waals surface area contributed by atoms with E-state index in [0.29, 0.717) is 12.8 Å². The van der Waals surface area contributed by atoms with Crippen LogP contribution in [0.5, 0.6) is 5.75 Å². The van der Waals surface area contributed by atoms with Crippen LogP contribution < -0.4 is 4.74 Å². The zero-order valence-corrected chi connectivity index (χ0v) is 22.1. The molecule has 2 aliphatic heterocycles. The number of aryl methyl sites for hydroxylation is 2. The average molecular weight is 497 g/mol. The first kappa shape index (κ1) is 23.3. The molecular formula is C32H36N2O3. The van der Waals surface area contributed by atoms with Gasteiger partial charge < -0.3 is 14.7 Å². The monoisotopic (exact) mass is 496 g/mol. The van der Waals surface area contributed by atoms with Gasteiger partial charge in [-0.3, -0.25) is 9.69 Å². The second-order valence-corrected chi connectivity index (χ2v) is 12.2. The van der Waals surface area contributed by atoms with E-state index in [9.17, 15) is 9.90 Å². The number of hydrogen-bond acceptors (Lipinski definition) is 4. The van der Waals surface area contributed by atoms with Crippen LogP contribution in [0.3, 0.4) is 0 Å². The number of likely N-dealkylation sites (tertiary alicyclic amines) is 1. The molecule has 1 spiro atoms. The third kappa shape index (κ3) is 3.28. The quantitative estimate of drug-likeness (QED) is 0.658. The van der Waals surface area contributed by atoms with Crippen LogP contribution in [0.25, 0.3) is 0 Å². The average Bonchev–Trinajstić information content (AvgIpc) is 3.63. The summed E-state index contributed by atoms with van der Waals surface area (Å²) in [6.07, 6.45) is 5.52. The summed E-state index contributed by atoms with van der Waals surface area (Å²) in [5, 5.41) is 12.6. The Morgan fingerprint density at radius 1 is 1.16 bits per heavy atom. The molecule has 3 aliphatic carbocycles. The number of benzene rings is 2. The van der Waals surface area contributed by atoms with Crippen LogP contribution in [0, 0.1) is 31.6 Å². The van der Waals surface area contributed by atoms with E-state index in [1.54, 1.807) is 4.90 Å². The normalized spacial score (nSPS) is 33.1. The largest absolute Gasteiger partial charge is 0.487 e. The van der Waals surface area contributed by atoms with Gasteiger partial charge >= 0.3 is 0 Å². The van der Waals surface area contributed by atoms with Crippen molar-refractivity contribution in [3.8, 4) is 17.6 Å². The molecule has 2 bridgehead atoms. The van der Waals surface area contributed by atoms with Crippen molar-refractivity contribution in [2.24, 2.45) is 5.92 Å². The van der Waals surface area contributed by atoms with Crippen LogP contribution in [-0.2, 0) is 16.6 Å². The summed E-state index contributed by atoms with van der Waals surface area (Å²) in [7, 11) is 1.86. The molecule has 192 valence electrons. The summed E-state index contributed by atoms with van der Waals surface area (Å²) in [5.41, 5.74) is 4.47. The standard InChI is InChI=1S/C32H36N2O3/c1-20-7-8-22(17-21(20)2)11-12-28(35)33(3)25-13-14-32(36)27-18-24-5-4-6-26-29(24)31(32,30(25)37-26)15-16-34(27)19-23-9-10-23/h4-8,17,23,25,27,30,36H,9-10,13-16,18-19H2,1-3H3/t25-,27+,30-,31-,32+/m0/s1. The Balaban J connectivity index is 1.23. The van der Waals surface area contributed by atoms with Crippen molar-refractivity contribution in [1.82, 2.24) is 9.80 Å². The second-order valence-electron chi connectivity index (χ2n) is 12.2. The predicted molar refractivity (Wildman–Crippen MR) is 142 cm³/mol. The minimum atomic E-state index is -0.837. The molecule has 2 heterocycles. The van der Waals surface area contributed by atoms with E-state index < -0.39 is 11.0 Å². The molecule has 2 aromatic rings. The summed E-state index contributed by atoms with van der Waals surface area (Å²) in [6, 6.07) is 12.4. The molecule has 1 saturated heterocycles. The summed E-state index contributed by atoms with van der Waals surface area (Å²) < 4.78 is 6.73. The van der Waals surface area contributed by atoms with E-state index in [0.717, 1.165) is 43.2 Å². The topological polar surface area (TPSA) is 53.0 Å². The fourth-order valence-electron chi connectivity index (χ4n) is 8.01. The van der Waals surface area contributed by atoms with Crippen molar-refractivity contribution in [2.45, 2.75) is 81.6 Å². The molecule has 7 rings (SSSR count). The van der Waals surface area contributed by atoms with E-state index in [4.69, 9.17) is 4.74 Å². The van der Waals surface area contributed by atoms with E-state index in [2.05, 4.69) is 48.8 Å². The highest BCUT2D eigenvalue weighted by atomic mass is 16.5. The number of aliphatic hydroxyl groups is 1.